The fraction of sp³-hybridized carbons (Fsp3) is 0.500. The summed E-state index contributed by atoms with van der Waals surface area (Å²) in [6.45, 7) is 3.75. The van der Waals surface area contributed by atoms with Crippen molar-refractivity contribution in [2.24, 2.45) is 12.8 Å². The number of tetrazole rings is 1. The van der Waals surface area contributed by atoms with Gasteiger partial charge in [-0.1, -0.05) is 0 Å². The van der Waals surface area contributed by atoms with Crippen molar-refractivity contribution in [3.8, 4) is 5.69 Å². The molecule has 0 aliphatic carbocycles. The van der Waals surface area contributed by atoms with E-state index in [1.807, 2.05) is 27.1 Å². The summed E-state index contributed by atoms with van der Waals surface area (Å²) >= 11 is 0. The molecule has 1 unspecified atom stereocenters. The SMILES string of the molecule is Cc1nn(C)cc1-n1nnnc1C(C)N. The molecule has 2 N–H and O–H groups in total. The summed E-state index contributed by atoms with van der Waals surface area (Å²) in [5.74, 6) is 0.631. The van der Waals surface area contributed by atoms with Gasteiger partial charge >= 0.3 is 0 Å². The Morgan fingerprint density at radius 3 is 2.73 bits per heavy atom. The molecular formula is C8H13N7. The molecule has 2 heterocycles. The van der Waals surface area contributed by atoms with Gasteiger partial charge in [0, 0.05) is 7.05 Å². The van der Waals surface area contributed by atoms with E-state index in [9.17, 15) is 0 Å². The summed E-state index contributed by atoms with van der Waals surface area (Å²) in [6.07, 6.45) is 1.86. The van der Waals surface area contributed by atoms with Crippen molar-refractivity contribution in [3.05, 3.63) is 17.7 Å². The first-order chi connectivity index (χ1) is 7.09. The molecule has 80 valence electrons. The zero-order valence-corrected chi connectivity index (χ0v) is 8.92. The molecule has 0 aliphatic heterocycles. The van der Waals surface area contributed by atoms with Crippen LogP contribution in [-0.4, -0.2) is 30.0 Å². The Morgan fingerprint density at radius 1 is 1.47 bits per heavy atom. The monoisotopic (exact) mass is 207 g/mol. The lowest BCUT2D eigenvalue weighted by atomic mass is 10.3. The van der Waals surface area contributed by atoms with Crippen LogP contribution in [0, 0.1) is 6.92 Å². The molecule has 0 saturated heterocycles. The molecule has 15 heavy (non-hydrogen) atoms. The van der Waals surface area contributed by atoms with Crippen LogP contribution >= 0.6 is 0 Å². The molecule has 0 saturated carbocycles. The maximum absolute atomic E-state index is 5.76. The second-order valence-electron chi connectivity index (χ2n) is 3.51. The van der Waals surface area contributed by atoms with E-state index in [0.29, 0.717) is 5.82 Å². The number of aromatic nitrogens is 6. The topological polar surface area (TPSA) is 87.4 Å². The Kier molecular flexibility index (Phi) is 2.24. The van der Waals surface area contributed by atoms with Crippen molar-refractivity contribution >= 4 is 0 Å². The van der Waals surface area contributed by atoms with Crippen molar-refractivity contribution in [1.29, 1.82) is 0 Å². The Balaban J connectivity index is 2.54. The van der Waals surface area contributed by atoms with Gasteiger partial charge in [-0.25, -0.2) is 0 Å². The molecule has 0 aromatic carbocycles. The second kappa shape index (κ2) is 3.43. The van der Waals surface area contributed by atoms with Crippen LogP contribution in [0.2, 0.25) is 0 Å². The molecule has 7 heteroatoms. The summed E-state index contributed by atoms with van der Waals surface area (Å²) in [5.41, 5.74) is 7.49. The fourth-order valence-electron chi connectivity index (χ4n) is 1.44. The summed E-state index contributed by atoms with van der Waals surface area (Å²) in [6, 6.07) is -0.209. The van der Waals surface area contributed by atoms with E-state index in [1.165, 1.54) is 0 Å². The smallest absolute Gasteiger partial charge is 0.173 e. The average Bonchev–Trinajstić information content (AvgIpc) is 2.71. The molecule has 2 rings (SSSR count). The van der Waals surface area contributed by atoms with Gasteiger partial charge in [-0.3, -0.25) is 4.68 Å². The van der Waals surface area contributed by atoms with Crippen LogP contribution in [-0.2, 0) is 7.05 Å². The van der Waals surface area contributed by atoms with Crippen LogP contribution in [0.25, 0.3) is 5.69 Å². The number of nitrogens with two attached hydrogens (primary N) is 1. The first-order valence-electron chi connectivity index (χ1n) is 4.64. The molecule has 0 aliphatic rings. The van der Waals surface area contributed by atoms with E-state index in [-0.39, 0.29) is 6.04 Å². The van der Waals surface area contributed by atoms with E-state index in [4.69, 9.17) is 5.73 Å². The minimum atomic E-state index is -0.209. The van der Waals surface area contributed by atoms with Gasteiger partial charge in [0.2, 0.25) is 0 Å². The number of aryl methyl sites for hydroxylation is 2. The third-order valence-corrected chi connectivity index (χ3v) is 2.12. The molecule has 7 nitrogen and oxygen atoms in total. The standard InChI is InChI=1S/C8H13N7/c1-5(9)8-10-12-13-15(8)7-4-14(3)11-6(7)2/h4-5H,9H2,1-3H3. The average molecular weight is 207 g/mol. The van der Waals surface area contributed by atoms with Crippen LogP contribution in [0.1, 0.15) is 24.5 Å². The van der Waals surface area contributed by atoms with Crippen molar-refractivity contribution in [1.82, 2.24) is 30.0 Å². The Hall–Kier alpha value is -1.76. The highest BCUT2D eigenvalue weighted by atomic mass is 15.6. The fourth-order valence-corrected chi connectivity index (χ4v) is 1.44. The third-order valence-electron chi connectivity index (χ3n) is 2.12. The lowest BCUT2D eigenvalue weighted by Gasteiger charge is -2.04. The maximum Gasteiger partial charge on any atom is 0.173 e. The second-order valence-corrected chi connectivity index (χ2v) is 3.51. The van der Waals surface area contributed by atoms with E-state index < -0.39 is 0 Å². The molecule has 0 amide bonds. The van der Waals surface area contributed by atoms with Crippen LogP contribution in [0.5, 0.6) is 0 Å². The summed E-state index contributed by atoms with van der Waals surface area (Å²) in [5, 5.41) is 15.6. The first-order valence-corrected chi connectivity index (χ1v) is 4.64. The molecule has 0 radical (unpaired) electrons. The van der Waals surface area contributed by atoms with Gasteiger partial charge in [-0.05, 0) is 24.3 Å². The highest BCUT2D eigenvalue weighted by Gasteiger charge is 2.15. The van der Waals surface area contributed by atoms with Gasteiger partial charge < -0.3 is 5.73 Å². The number of nitrogens with zero attached hydrogens (tertiary/aromatic N) is 6. The first kappa shape index (κ1) is 9.78. The van der Waals surface area contributed by atoms with Gasteiger partial charge in [-0.15, -0.1) is 5.10 Å². The molecule has 1 atom stereocenters. The molecule has 0 spiro atoms. The van der Waals surface area contributed by atoms with E-state index in [2.05, 4.69) is 20.6 Å². The van der Waals surface area contributed by atoms with Crippen LogP contribution < -0.4 is 5.73 Å². The summed E-state index contributed by atoms with van der Waals surface area (Å²) < 4.78 is 3.34. The van der Waals surface area contributed by atoms with Crippen molar-refractivity contribution in [3.63, 3.8) is 0 Å². The summed E-state index contributed by atoms with van der Waals surface area (Å²) in [4.78, 5) is 0. The predicted molar refractivity (Wildman–Crippen MR) is 53.3 cm³/mol. The Bertz CT molecular complexity index is 467. The molecule has 0 bridgehead atoms. The number of rotatable bonds is 2. The molecule has 2 aromatic heterocycles. The zero-order valence-electron chi connectivity index (χ0n) is 8.92. The quantitative estimate of drug-likeness (QED) is 0.732. The van der Waals surface area contributed by atoms with Crippen molar-refractivity contribution in [2.75, 3.05) is 0 Å². The van der Waals surface area contributed by atoms with Crippen LogP contribution in [0.3, 0.4) is 0 Å². The Labute approximate surface area is 86.9 Å². The summed E-state index contributed by atoms with van der Waals surface area (Å²) in [7, 11) is 1.85. The largest absolute Gasteiger partial charge is 0.321 e. The zero-order chi connectivity index (χ0) is 11.0. The molecule has 2 aromatic rings. The van der Waals surface area contributed by atoms with Crippen molar-refractivity contribution in [2.45, 2.75) is 19.9 Å². The van der Waals surface area contributed by atoms with E-state index in [1.54, 1.807) is 9.36 Å². The Morgan fingerprint density at radius 2 is 2.20 bits per heavy atom. The van der Waals surface area contributed by atoms with Gasteiger partial charge in [0.15, 0.2) is 5.82 Å². The lowest BCUT2D eigenvalue weighted by Crippen LogP contribution is -2.13. The predicted octanol–water partition coefficient (Wildman–Crippen LogP) is -0.276. The minimum absolute atomic E-state index is 0.209. The third kappa shape index (κ3) is 1.61. The normalized spacial score (nSPS) is 13.1. The highest BCUT2D eigenvalue weighted by Crippen LogP contribution is 2.14. The van der Waals surface area contributed by atoms with Crippen molar-refractivity contribution < 1.29 is 0 Å². The minimum Gasteiger partial charge on any atom is -0.321 e. The highest BCUT2D eigenvalue weighted by molar-refractivity contribution is 5.33. The lowest BCUT2D eigenvalue weighted by molar-refractivity contribution is 0.686. The molecule has 0 fully saturated rings. The number of hydrogen-bond donors (Lipinski definition) is 1. The van der Waals surface area contributed by atoms with E-state index in [0.717, 1.165) is 11.4 Å². The maximum atomic E-state index is 5.76. The van der Waals surface area contributed by atoms with Gasteiger partial charge in [-0.2, -0.15) is 9.78 Å². The molecular weight excluding hydrogens is 194 g/mol. The van der Waals surface area contributed by atoms with Crippen LogP contribution in [0.4, 0.5) is 0 Å². The number of hydrogen-bond acceptors (Lipinski definition) is 5. The van der Waals surface area contributed by atoms with Crippen LogP contribution in [0.15, 0.2) is 6.20 Å². The van der Waals surface area contributed by atoms with Gasteiger partial charge in [0.1, 0.15) is 5.69 Å². The van der Waals surface area contributed by atoms with E-state index >= 15 is 0 Å². The van der Waals surface area contributed by atoms with Gasteiger partial charge in [0.05, 0.1) is 17.9 Å². The van der Waals surface area contributed by atoms with Gasteiger partial charge in [0.25, 0.3) is 0 Å².